The van der Waals surface area contributed by atoms with Crippen LogP contribution in [0.5, 0.6) is 23.0 Å². The van der Waals surface area contributed by atoms with E-state index < -0.39 is 0 Å². The Morgan fingerprint density at radius 2 is 1.45 bits per heavy atom. The normalized spacial score (nSPS) is 10.6. The molecule has 2 aromatic carbocycles. The molecule has 0 fully saturated rings. The minimum atomic E-state index is -0.113. The van der Waals surface area contributed by atoms with Crippen molar-refractivity contribution in [1.82, 2.24) is 0 Å². The lowest BCUT2D eigenvalue weighted by molar-refractivity contribution is 0.398. The van der Waals surface area contributed by atoms with Crippen LogP contribution in [0.1, 0.15) is 24.0 Å². The van der Waals surface area contributed by atoms with E-state index in [-0.39, 0.29) is 23.0 Å². The van der Waals surface area contributed by atoms with Crippen molar-refractivity contribution < 1.29 is 20.4 Å². The SMILES string of the molecule is Oc1ccc(CCCCc2cccc(O)c2O)cc1O. The van der Waals surface area contributed by atoms with Gasteiger partial charge in [-0.25, -0.2) is 0 Å². The molecule has 0 spiro atoms. The minimum absolute atomic E-state index is 0.0465. The zero-order valence-electron chi connectivity index (χ0n) is 11.1. The molecule has 2 aromatic rings. The highest BCUT2D eigenvalue weighted by molar-refractivity contribution is 5.44. The van der Waals surface area contributed by atoms with E-state index >= 15 is 0 Å². The Morgan fingerprint density at radius 1 is 0.700 bits per heavy atom. The largest absolute Gasteiger partial charge is 0.504 e. The number of phenolic OH excluding ortho intramolecular Hbond substituents is 4. The lowest BCUT2D eigenvalue weighted by Gasteiger charge is -2.06. The number of hydrogen-bond donors (Lipinski definition) is 4. The van der Waals surface area contributed by atoms with Gasteiger partial charge in [0.2, 0.25) is 0 Å². The summed E-state index contributed by atoms with van der Waals surface area (Å²) < 4.78 is 0. The predicted molar refractivity (Wildman–Crippen MR) is 76.2 cm³/mol. The second kappa shape index (κ2) is 6.19. The highest BCUT2D eigenvalue weighted by atomic mass is 16.3. The summed E-state index contributed by atoms with van der Waals surface area (Å²) in [6.07, 6.45) is 3.22. The smallest absolute Gasteiger partial charge is 0.160 e. The first-order valence-corrected chi connectivity index (χ1v) is 6.58. The number of para-hydroxylation sites is 1. The number of aromatic hydroxyl groups is 4. The van der Waals surface area contributed by atoms with Crippen molar-refractivity contribution >= 4 is 0 Å². The van der Waals surface area contributed by atoms with Crippen LogP contribution in [0.4, 0.5) is 0 Å². The van der Waals surface area contributed by atoms with Gasteiger partial charge in [0, 0.05) is 0 Å². The van der Waals surface area contributed by atoms with Gasteiger partial charge in [-0.1, -0.05) is 18.2 Å². The maximum absolute atomic E-state index is 9.67. The second-order valence-electron chi connectivity index (χ2n) is 4.82. The van der Waals surface area contributed by atoms with Crippen molar-refractivity contribution in [2.45, 2.75) is 25.7 Å². The van der Waals surface area contributed by atoms with E-state index in [9.17, 15) is 20.4 Å². The Balaban J connectivity index is 1.84. The summed E-state index contributed by atoms with van der Waals surface area (Å²) in [6.45, 7) is 0. The van der Waals surface area contributed by atoms with Crippen LogP contribution in [0.25, 0.3) is 0 Å². The predicted octanol–water partition coefficient (Wildman–Crippen LogP) is 3.07. The van der Waals surface area contributed by atoms with Gasteiger partial charge < -0.3 is 20.4 Å². The van der Waals surface area contributed by atoms with Crippen LogP contribution in [0.2, 0.25) is 0 Å². The summed E-state index contributed by atoms with van der Waals surface area (Å²) in [6, 6.07) is 9.77. The van der Waals surface area contributed by atoms with Crippen LogP contribution in [0.3, 0.4) is 0 Å². The van der Waals surface area contributed by atoms with Crippen molar-refractivity contribution in [2.75, 3.05) is 0 Å². The van der Waals surface area contributed by atoms with E-state index in [1.54, 1.807) is 24.3 Å². The van der Waals surface area contributed by atoms with Gasteiger partial charge in [-0.3, -0.25) is 0 Å². The number of hydrogen-bond acceptors (Lipinski definition) is 4. The summed E-state index contributed by atoms with van der Waals surface area (Å²) >= 11 is 0. The van der Waals surface area contributed by atoms with E-state index in [0.717, 1.165) is 30.4 Å². The molecule has 0 aliphatic rings. The van der Waals surface area contributed by atoms with E-state index in [0.29, 0.717) is 6.42 Å². The Labute approximate surface area is 117 Å². The molecule has 0 unspecified atom stereocenters. The van der Waals surface area contributed by atoms with E-state index in [4.69, 9.17) is 0 Å². The minimum Gasteiger partial charge on any atom is -0.504 e. The monoisotopic (exact) mass is 274 g/mol. The Hall–Kier alpha value is -2.36. The zero-order chi connectivity index (χ0) is 14.5. The van der Waals surface area contributed by atoms with Crippen molar-refractivity contribution in [1.29, 1.82) is 0 Å². The van der Waals surface area contributed by atoms with Crippen molar-refractivity contribution in [3.8, 4) is 23.0 Å². The van der Waals surface area contributed by atoms with Crippen LogP contribution in [-0.2, 0) is 12.8 Å². The first kappa shape index (κ1) is 14.1. The Morgan fingerprint density at radius 3 is 2.20 bits per heavy atom. The molecule has 0 amide bonds. The highest BCUT2D eigenvalue weighted by Crippen LogP contribution is 2.29. The Bertz CT molecular complexity index is 593. The van der Waals surface area contributed by atoms with Gasteiger partial charge in [0.05, 0.1) is 0 Å². The van der Waals surface area contributed by atoms with Gasteiger partial charge >= 0.3 is 0 Å². The standard InChI is InChI=1S/C16H18O4/c17-13-9-8-11(10-15(13)19)4-1-2-5-12-6-3-7-14(18)16(12)20/h3,6-10,17-20H,1-2,4-5H2. The third-order valence-corrected chi connectivity index (χ3v) is 3.30. The molecule has 20 heavy (non-hydrogen) atoms. The molecular weight excluding hydrogens is 256 g/mol. The molecule has 0 bridgehead atoms. The summed E-state index contributed by atoms with van der Waals surface area (Å²) in [5.41, 5.74) is 1.69. The molecule has 106 valence electrons. The molecule has 4 heteroatoms. The molecular formula is C16H18O4. The van der Waals surface area contributed by atoms with Crippen LogP contribution in [0.15, 0.2) is 36.4 Å². The van der Waals surface area contributed by atoms with Gasteiger partial charge in [0.25, 0.3) is 0 Å². The summed E-state index contributed by atoms with van der Waals surface area (Å²) in [7, 11) is 0. The third-order valence-electron chi connectivity index (χ3n) is 3.30. The second-order valence-corrected chi connectivity index (χ2v) is 4.82. The van der Waals surface area contributed by atoms with Crippen LogP contribution in [0, 0.1) is 0 Å². The van der Waals surface area contributed by atoms with Crippen molar-refractivity contribution in [2.24, 2.45) is 0 Å². The number of phenols is 4. The van der Waals surface area contributed by atoms with E-state index in [2.05, 4.69) is 0 Å². The third kappa shape index (κ3) is 3.35. The lowest BCUT2D eigenvalue weighted by atomic mass is 10.0. The fourth-order valence-electron chi connectivity index (χ4n) is 2.15. The molecule has 0 heterocycles. The van der Waals surface area contributed by atoms with E-state index in [1.165, 1.54) is 12.1 Å². The molecule has 0 saturated heterocycles. The molecule has 0 atom stereocenters. The van der Waals surface area contributed by atoms with Crippen LogP contribution >= 0.6 is 0 Å². The fourth-order valence-corrected chi connectivity index (χ4v) is 2.15. The molecule has 4 nitrogen and oxygen atoms in total. The van der Waals surface area contributed by atoms with Gasteiger partial charge in [-0.05, 0) is 55.0 Å². The van der Waals surface area contributed by atoms with Crippen molar-refractivity contribution in [3.05, 3.63) is 47.5 Å². The average Bonchev–Trinajstić information content (AvgIpc) is 2.43. The highest BCUT2D eigenvalue weighted by Gasteiger charge is 2.05. The molecule has 0 aliphatic carbocycles. The van der Waals surface area contributed by atoms with E-state index in [1.807, 2.05) is 0 Å². The number of rotatable bonds is 5. The molecule has 0 radical (unpaired) electrons. The maximum Gasteiger partial charge on any atom is 0.160 e. The summed E-state index contributed by atoms with van der Waals surface area (Å²) in [5, 5.41) is 37.7. The van der Waals surface area contributed by atoms with Crippen LogP contribution < -0.4 is 0 Å². The number of aryl methyl sites for hydroxylation is 2. The maximum atomic E-state index is 9.67. The first-order valence-electron chi connectivity index (χ1n) is 6.58. The lowest BCUT2D eigenvalue weighted by Crippen LogP contribution is -1.90. The summed E-state index contributed by atoms with van der Waals surface area (Å²) in [5.74, 6) is -0.354. The van der Waals surface area contributed by atoms with Gasteiger partial charge in [0.15, 0.2) is 23.0 Å². The van der Waals surface area contributed by atoms with Gasteiger partial charge in [-0.2, -0.15) is 0 Å². The fraction of sp³-hybridized carbons (Fsp3) is 0.250. The molecule has 0 aromatic heterocycles. The topological polar surface area (TPSA) is 80.9 Å². The molecule has 4 N–H and O–H groups in total. The molecule has 0 saturated carbocycles. The van der Waals surface area contributed by atoms with Gasteiger partial charge in [0.1, 0.15) is 0 Å². The average molecular weight is 274 g/mol. The Kier molecular flexibility index (Phi) is 4.35. The van der Waals surface area contributed by atoms with Gasteiger partial charge in [-0.15, -0.1) is 0 Å². The molecule has 0 aliphatic heterocycles. The number of unbranched alkanes of at least 4 members (excludes halogenated alkanes) is 1. The first-order chi connectivity index (χ1) is 9.58. The quantitative estimate of drug-likeness (QED) is 0.499. The van der Waals surface area contributed by atoms with Crippen LogP contribution in [-0.4, -0.2) is 20.4 Å². The zero-order valence-corrected chi connectivity index (χ0v) is 11.1. The van der Waals surface area contributed by atoms with Crippen molar-refractivity contribution in [3.63, 3.8) is 0 Å². The summed E-state index contributed by atoms with van der Waals surface area (Å²) in [4.78, 5) is 0. The number of benzene rings is 2. The molecule has 2 rings (SSSR count).